The SMILES string of the molecule is COC12CC3(CCC4C5C(CC[NH+]4C)CC([O-])C(O1)C53)CCC2O. The summed E-state index contributed by atoms with van der Waals surface area (Å²) in [6, 6.07) is 0.694. The van der Waals surface area contributed by atoms with Gasteiger partial charge in [-0.2, -0.15) is 0 Å². The molecule has 3 aliphatic carbocycles. The lowest BCUT2D eigenvalue weighted by Crippen LogP contribution is -3.16. The minimum Gasteiger partial charge on any atom is -0.850 e. The molecule has 0 amide bonds. The van der Waals surface area contributed by atoms with Crippen LogP contribution >= 0.6 is 0 Å². The number of aliphatic hydroxyl groups excluding tert-OH is 1. The molecule has 0 aromatic rings. The van der Waals surface area contributed by atoms with Gasteiger partial charge in [0.2, 0.25) is 0 Å². The van der Waals surface area contributed by atoms with Crippen molar-refractivity contribution in [2.24, 2.45) is 23.2 Å². The van der Waals surface area contributed by atoms with Crippen molar-refractivity contribution in [2.45, 2.75) is 75.1 Å². The van der Waals surface area contributed by atoms with Gasteiger partial charge in [-0.15, -0.1) is 0 Å². The Morgan fingerprint density at radius 3 is 2.83 bits per heavy atom. The molecule has 5 nitrogen and oxygen atoms in total. The Labute approximate surface area is 144 Å². The summed E-state index contributed by atoms with van der Waals surface area (Å²) in [5, 5.41) is 23.6. The van der Waals surface area contributed by atoms with Gasteiger partial charge in [-0.05, 0) is 42.9 Å². The lowest BCUT2D eigenvalue weighted by atomic mass is 9.45. The summed E-state index contributed by atoms with van der Waals surface area (Å²) in [6.45, 7) is 1.21. The zero-order valence-corrected chi connectivity index (χ0v) is 14.9. The Morgan fingerprint density at radius 1 is 1.25 bits per heavy atom. The van der Waals surface area contributed by atoms with Gasteiger partial charge in [0.1, 0.15) is 6.10 Å². The molecule has 0 radical (unpaired) electrons. The van der Waals surface area contributed by atoms with E-state index in [-0.39, 0.29) is 11.5 Å². The quantitative estimate of drug-likeness (QED) is 0.665. The fourth-order valence-electron chi connectivity index (χ4n) is 7.55. The van der Waals surface area contributed by atoms with Crippen molar-refractivity contribution < 1.29 is 24.6 Å². The zero-order valence-electron chi connectivity index (χ0n) is 14.9. The summed E-state index contributed by atoms with van der Waals surface area (Å²) < 4.78 is 12.1. The Bertz CT molecular complexity index is 529. The van der Waals surface area contributed by atoms with Crippen LogP contribution in [0.1, 0.15) is 44.9 Å². The average molecular weight is 337 g/mol. The first-order valence-electron chi connectivity index (χ1n) is 9.89. The Hall–Kier alpha value is -0.200. The standard InChI is InChI=1S/C19H30NO4/c1-20-8-5-11-9-13(21)17-16-15(11)12(20)3-6-18(16)7-4-14(22)19(10-18,23-2)24-17/h11-17,22H,3-10H2,1-2H3/q-1/p+1. The van der Waals surface area contributed by atoms with E-state index in [9.17, 15) is 10.2 Å². The third kappa shape index (κ3) is 1.88. The molecular formula is C19H31NO4. The maximum absolute atomic E-state index is 13.0. The van der Waals surface area contributed by atoms with Gasteiger partial charge < -0.3 is 24.6 Å². The second-order valence-electron chi connectivity index (χ2n) is 9.36. The molecule has 3 saturated carbocycles. The van der Waals surface area contributed by atoms with Crippen LogP contribution in [0.4, 0.5) is 0 Å². The predicted octanol–water partition coefficient (Wildman–Crippen LogP) is -0.679. The lowest BCUT2D eigenvalue weighted by Gasteiger charge is -2.69. The van der Waals surface area contributed by atoms with Gasteiger partial charge in [-0.25, -0.2) is 0 Å². The van der Waals surface area contributed by atoms with Crippen LogP contribution in [0, 0.1) is 23.2 Å². The van der Waals surface area contributed by atoms with Gasteiger partial charge >= 0.3 is 0 Å². The van der Waals surface area contributed by atoms with Gasteiger partial charge in [-0.3, -0.25) is 0 Å². The highest BCUT2D eigenvalue weighted by atomic mass is 16.7. The fourth-order valence-corrected chi connectivity index (χ4v) is 7.55. The van der Waals surface area contributed by atoms with Crippen molar-refractivity contribution in [2.75, 3.05) is 20.7 Å². The van der Waals surface area contributed by atoms with Crippen molar-refractivity contribution >= 4 is 0 Å². The number of methoxy groups -OCH3 is 1. The molecule has 24 heavy (non-hydrogen) atoms. The molecule has 0 aromatic carbocycles. The monoisotopic (exact) mass is 337 g/mol. The van der Waals surface area contributed by atoms with E-state index in [0.29, 0.717) is 23.8 Å². The number of nitrogens with one attached hydrogen (secondary N) is 1. The summed E-state index contributed by atoms with van der Waals surface area (Å²) in [5.41, 5.74) is 0.151. The third-order valence-electron chi connectivity index (χ3n) is 8.58. The number of quaternary nitrogens is 1. The second kappa shape index (κ2) is 5.17. The molecule has 5 heteroatoms. The predicted molar refractivity (Wildman–Crippen MR) is 85.2 cm³/mol. The van der Waals surface area contributed by atoms with Crippen LogP contribution in [0.5, 0.6) is 0 Å². The average Bonchev–Trinajstić information content (AvgIpc) is 2.59. The minimum atomic E-state index is -0.935. The number of piperidine rings is 1. The molecule has 5 fully saturated rings. The fraction of sp³-hybridized carbons (Fsp3) is 1.00. The molecule has 2 heterocycles. The molecule has 2 bridgehead atoms. The van der Waals surface area contributed by atoms with Crippen molar-refractivity contribution in [1.82, 2.24) is 0 Å². The van der Waals surface area contributed by atoms with Crippen molar-refractivity contribution in [1.29, 1.82) is 0 Å². The first-order valence-corrected chi connectivity index (χ1v) is 9.89. The molecule has 0 aromatic heterocycles. The summed E-state index contributed by atoms with van der Waals surface area (Å²) in [6.07, 6.45) is 5.40. The van der Waals surface area contributed by atoms with E-state index in [0.717, 1.165) is 25.7 Å². The number of aliphatic hydroxyl groups is 1. The van der Waals surface area contributed by atoms with E-state index in [1.807, 2.05) is 0 Å². The van der Waals surface area contributed by atoms with Crippen LogP contribution in [-0.4, -0.2) is 55.9 Å². The molecule has 2 N–H and O–H groups in total. The molecule has 10 atom stereocenters. The van der Waals surface area contributed by atoms with Gasteiger partial charge in [-0.1, -0.05) is 12.5 Å². The molecule has 5 rings (SSSR count). The van der Waals surface area contributed by atoms with Crippen LogP contribution in [0.2, 0.25) is 0 Å². The lowest BCUT2D eigenvalue weighted by molar-refractivity contribution is -0.921. The maximum atomic E-state index is 13.0. The van der Waals surface area contributed by atoms with E-state index in [1.54, 1.807) is 12.0 Å². The highest BCUT2D eigenvalue weighted by Crippen LogP contribution is 2.64. The van der Waals surface area contributed by atoms with Crippen LogP contribution in [0.25, 0.3) is 0 Å². The molecule has 10 unspecified atom stereocenters. The van der Waals surface area contributed by atoms with E-state index >= 15 is 0 Å². The molecule has 136 valence electrons. The first-order chi connectivity index (χ1) is 11.5. The number of ether oxygens (including phenoxy) is 2. The van der Waals surface area contributed by atoms with Crippen molar-refractivity contribution in [3.8, 4) is 0 Å². The second-order valence-corrected chi connectivity index (χ2v) is 9.36. The van der Waals surface area contributed by atoms with E-state index in [1.165, 1.54) is 25.8 Å². The van der Waals surface area contributed by atoms with Crippen LogP contribution in [0.3, 0.4) is 0 Å². The number of hydrogen-bond donors (Lipinski definition) is 2. The number of rotatable bonds is 1. The smallest absolute Gasteiger partial charge is 0.194 e. The summed E-state index contributed by atoms with van der Waals surface area (Å²) in [4.78, 5) is 1.66. The van der Waals surface area contributed by atoms with Gasteiger partial charge in [0.05, 0.1) is 25.7 Å². The normalized spacial score (nSPS) is 62.0. The minimum absolute atomic E-state index is 0.151. The largest absolute Gasteiger partial charge is 0.850 e. The third-order valence-corrected chi connectivity index (χ3v) is 8.58. The zero-order chi connectivity index (χ0) is 16.7. The van der Waals surface area contributed by atoms with E-state index in [2.05, 4.69) is 7.05 Å². The Kier molecular flexibility index (Phi) is 3.45. The molecule has 1 spiro atoms. The van der Waals surface area contributed by atoms with E-state index in [4.69, 9.17) is 9.47 Å². The number of hydrogen-bond acceptors (Lipinski definition) is 4. The summed E-state index contributed by atoms with van der Waals surface area (Å²) in [7, 11) is 3.98. The van der Waals surface area contributed by atoms with Gasteiger partial charge in [0.15, 0.2) is 5.79 Å². The number of likely N-dealkylation sites (tertiary alicyclic amines) is 1. The maximum Gasteiger partial charge on any atom is 0.194 e. The first kappa shape index (κ1) is 16.0. The Morgan fingerprint density at radius 2 is 2.04 bits per heavy atom. The highest BCUT2D eigenvalue weighted by molar-refractivity contribution is 5.14. The van der Waals surface area contributed by atoms with Gasteiger partial charge in [0.25, 0.3) is 0 Å². The molecular weight excluding hydrogens is 306 g/mol. The summed E-state index contributed by atoms with van der Waals surface area (Å²) >= 11 is 0. The summed E-state index contributed by atoms with van der Waals surface area (Å²) in [5.74, 6) is 0.663. The molecule has 5 aliphatic rings. The van der Waals surface area contributed by atoms with Crippen molar-refractivity contribution in [3.63, 3.8) is 0 Å². The van der Waals surface area contributed by atoms with Gasteiger partial charge in [0, 0.05) is 25.9 Å². The number of fused-ring (bicyclic) bond motifs is 1. The van der Waals surface area contributed by atoms with Crippen LogP contribution in [0.15, 0.2) is 0 Å². The van der Waals surface area contributed by atoms with E-state index < -0.39 is 18.0 Å². The van der Waals surface area contributed by atoms with Crippen molar-refractivity contribution in [3.05, 3.63) is 0 Å². The highest BCUT2D eigenvalue weighted by Gasteiger charge is 2.68. The molecule has 2 aliphatic heterocycles. The Balaban J connectivity index is 1.59. The van der Waals surface area contributed by atoms with Crippen LogP contribution in [-0.2, 0) is 9.47 Å². The van der Waals surface area contributed by atoms with Crippen LogP contribution < -0.4 is 10.0 Å². The topological polar surface area (TPSA) is 66.2 Å². The molecule has 2 saturated heterocycles.